The van der Waals surface area contributed by atoms with E-state index in [0.29, 0.717) is 10.5 Å². The first kappa shape index (κ1) is 12.3. The lowest BCUT2D eigenvalue weighted by atomic mass is 9.89. The SMILES string of the molecule is CC(C)(C)C(Br)Cc1cc2n[nH]c(=O)n2cn1. The Hall–Kier alpha value is -1.17. The van der Waals surface area contributed by atoms with Crippen LogP contribution in [0.5, 0.6) is 0 Å². The highest BCUT2D eigenvalue weighted by molar-refractivity contribution is 9.09. The van der Waals surface area contributed by atoms with Crippen molar-refractivity contribution in [3.05, 3.63) is 28.6 Å². The monoisotopic (exact) mass is 298 g/mol. The minimum absolute atomic E-state index is 0.166. The van der Waals surface area contributed by atoms with Gasteiger partial charge in [-0.1, -0.05) is 36.7 Å². The van der Waals surface area contributed by atoms with Gasteiger partial charge in [0.25, 0.3) is 0 Å². The van der Waals surface area contributed by atoms with Crippen LogP contribution in [0.15, 0.2) is 17.2 Å². The number of alkyl halides is 1. The van der Waals surface area contributed by atoms with Crippen molar-refractivity contribution >= 4 is 21.6 Å². The fourth-order valence-electron chi connectivity index (χ4n) is 1.45. The van der Waals surface area contributed by atoms with Gasteiger partial charge in [0.15, 0.2) is 5.65 Å². The van der Waals surface area contributed by atoms with Crippen LogP contribution in [0.1, 0.15) is 26.5 Å². The molecule has 0 saturated carbocycles. The molecule has 0 aliphatic heterocycles. The quantitative estimate of drug-likeness (QED) is 0.860. The summed E-state index contributed by atoms with van der Waals surface area (Å²) in [4.78, 5) is 15.9. The molecule has 0 aliphatic carbocycles. The van der Waals surface area contributed by atoms with Crippen molar-refractivity contribution in [1.29, 1.82) is 0 Å². The van der Waals surface area contributed by atoms with Gasteiger partial charge in [-0.15, -0.1) is 0 Å². The van der Waals surface area contributed by atoms with Gasteiger partial charge >= 0.3 is 5.69 Å². The Kier molecular flexibility index (Phi) is 3.07. The summed E-state index contributed by atoms with van der Waals surface area (Å²) in [7, 11) is 0. The largest absolute Gasteiger partial charge is 0.348 e. The molecule has 1 unspecified atom stereocenters. The molecule has 0 amide bonds. The predicted molar refractivity (Wildman–Crippen MR) is 69.5 cm³/mol. The van der Waals surface area contributed by atoms with Crippen molar-refractivity contribution in [2.75, 3.05) is 0 Å². The summed E-state index contributed by atoms with van der Waals surface area (Å²) in [5.41, 5.74) is 1.44. The average Bonchev–Trinajstić information content (AvgIpc) is 2.59. The normalized spacial score (nSPS) is 14.1. The smallest absolute Gasteiger partial charge is 0.246 e. The summed E-state index contributed by atoms with van der Waals surface area (Å²) < 4.78 is 1.39. The molecular formula is C11H15BrN4O. The number of halogens is 1. The minimum Gasteiger partial charge on any atom is -0.246 e. The second-order valence-corrected chi connectivity index (χ2v) is 6.28. The zero-order chi connectivity index (χ0) is 12.6. The van der Waals surface area contributed by atoms with Crippen LogP contribution in [-0.2, 0) is 6.42 Å². The first-order valence-corrected chi connectivity index (χ1v) is 6.35. The first-order valence-electron chi connectivity index (χ1n) is 5.43. The lowest BCUT2D eigenvalue weighted by molar-refractivity contribution is 0.396. The van der Waals surface area contributed by atoms with Crippen molar-refractivity contribution in [3.63, 3.8) is 0 Å². The van der Waals surface area contributed by atoms with Crippen molar-refractivity contribution < 1.29 is 0 Å². The molecule has 1 N–H and O–H groups in total. The Balaban J connectivity index is 2.28. The molecule has 0 radical (unpaired) electrons. The third kappa shape index (κ3) is 2.57. The van der Waals surface area contributed by atoms with E-state index in [1.54, 1.807) is 0 Å². The number of fused-ring (bicyclic) bond motifs is 1. The van der Waals surface area contributed by atoms with Crippen LogP contribution in [0, 0.1) is 5.41 Å². The number of nitrogens with zero attached hydrogens (tertiary/aromatic N) is 3. The Bertz CT molecular complexity index is 581. The molecule has 0 saturated heterocycles. The zero-order valence-electron chi connectivity index (χ0n) is 10.1. The highest BCUT2D eigenvalue weighted by Gasteiger charge is 2.22. The van der Waals surface area contributed by atoms with Gasteiger partial charge in [0, 0.05) is 23.0 Å². The molecule has 5 nitrogen and oxygen atoms in total. The van der Waals surface area contributed by atoms with Crippen molar-refractivity contribution in [1.82, 2.24) is 19.6 Å². The maximum absolute atomic E-state index is 11.3. The average molecular weight is 299 g/mol. The number of nitrogens with one attached hydrogen (secondary N) is 1. The maximum atomic E-state index is 11.3. The highest BCUT2D eigenvalue weighted by Crippen LogP contribution is 2.28. The van der Waals surface area contributed by atoms with Gasteiger partial charge < -0.3 is 0 Å². The van der Waals surface area contributed by atoms with E-state index in [1.165, 1.54) is 10.7 Å². The minimum atomic E-state index is -0.259. The lowest BCUT2D eigenvalue weighted by Gasteiger charge is -2.25. The first-order chi connectivity index (χ1) is 7.88. The van der Waals surface area contributed by atoms with Crippen LogP contribution in [0.3, 0.4) is 0 Å². The van der Waals surface area contributed by atoms with Crippen LogP contribution >= 0.6 is 15.9 Å². The second-order valence-electron chi connectivity index (χ2n) is 5.17. The third-order valence-corrected chi connectivity index (χ3v) is 4.39. The molecule has 0 bridgehead atoms. The van der Waals surface area contributed by atoms with Crippen LogP contribution in [0.4, 0.5) is 0 Å². The van der Waals surface area contributed by atoms with Crippen molar-refractivity contribution in [2.24, 2.45) is 5.41 Å². The van der Waals surface area contributed by atoms with E-state index in [4.69, 9.17) is 0 Å². The van der Waals surface area contributed by atoms with Gasteiger partial charge in [-0.2, -0.15) is 5.10 Å². The second kappa shape index (κ2) is 4.25. The van der Waals surface area contributed by atoms with Gasteiger partial charge in [0.1, 0.15) is 6.33 Å². The van der Waals surface area contributed by atoms with Crippen molar-refractivity contribution in [3.8, 4) is 0 Å². The van der Waals surface area contributed by atoms with Gasteiger partial charge in [-0.05, 0) is 5.41 Å². The molecule has 0 aromatic carbocycles. The van der Waals surface area contributed by atoms with Crippen LogP contribution in [0.25, 0.3) is 5.65 Å². The fourth-order valence-corrected chi connectivity index (χ4v) is 1.78. The van der Waals surface area contributed by atoms with E-state index in [-0.39, 0.29) is 11.1 Å². The van der Waals surface area contributed by atoms with Crippen LogP contribution in [-0.4, -0.2) is 24.4 Å². The topological polar surface area (TPSA) is 63.0 Å². The van der Waals surface area contributed by atoms with Gasteiger partial charge in [-0.3, -0.25) is 0 Å². The van der Waals surface area contributed by atoms with Gasteiger partial charge in [-0.25, -0.2) is 19.3 Å². The molecule has 0 fully saturated rings. The Morgan fingerprint density at radius 1 is 1.53 bits per heavy atom. The third-order valence-electron chi connectivity index (χ3n) is 2.69. The molecule has 2 rings (SSSR count). The predicted octanol–water partition coefficient (Wildman–Crippen LogP) is 1.77. The molecule has 6 heteroatoms. The number of aromatic amines is 1. The number of aromatic nitrogens is 4. The molecule has 0 aliphatic rings. The molecule has 2 aromatic rings. The number of hydrogen-bond donors (Lipinski definition) is 1. The number of hydrogen-bond acceptors (Lipinski definition) is 3. The molecule has 1 atom stereocenters. The maximum Gasteiger partial charge on any atom is 0.348 e. The van der Waals surface area contributed by atoms with E-state index in [9.17, 15) is 4.79 Å². The van der Waals surface area contributed by atoms with E-state index in [0.717, 1.165) is 12.1 Å². The van der Waals surface area contributed by atoms with E-state index < -0.39 is 0 Å². The summed E-state index contributed by atoms with van der Waals surface area (Å²) in [5, 5.41) is 6.31. The Morgan fingerprint density at radius 3 is 2.88 bits per heavy atom. The lowest BCUT2D eigenvalue weighted by Crippen LogP contribution is -2.23. The van der Waals surface area contributed by atoms with E-state index >= 15 is 0 Å². The van der Waals surface area contributed by atoms with Crippen LogP contribution in [0.2, 0.25) is 0 Å². The summed E-state index contributed by atoms with van der Waals surface area (Å²) >= 11 is 3.67. The zero-order valence-corrected chi connectivity index (χ0v) is 11.7. The molecule has 17 heavy (non-hydrogen) atoms. The van der Waals surface area contributed by atoms with Crippen LogP contribution < -0.4 is 5.69 Å². The highest BCUT2D eigenvalue weighted by atomic mass is 79.9. The molecule has 0 spiro atoms. The Labute approximate surface area is 107 Å². The summed E-state index contributed by atoms with van der Waals surface area (Å²) in [6, 6.07) is 1.83. The van der Waals surface area contributed by atoms with Gasteiger partial charge in [0.2, 0.25) is 0 Å². The Morgan fingerprint density at radius 2 is 2.24 bits per heavy atom. The molecule has 2 heterocycles. The van der Waals surface area contributed by atoms with E-state index in [2.05, 4.69) is 51.9 Å². The molecular weight excluding hydrogens is 284 g/mol. The summed E-state index contributed by atoms with van der Waals surface area (Å²) in [6.45, 7) is 6.51. The van der Waals surface area contributed by atoms with Crippen molar-refractivity contribution in [2.45, 2.75) is 32.0 Å². The summed E-state index contributed by atoms with van der Waals surface area (Å²) in [5.74, 6) is 0. The molecule has 2 aromatic heterocycles. The molecule has 92 valence electrons. The van der Waals surface area contributed by atoms with Gasteiger partial charge in [0.05, 0.1) is 0 Å². The standard InChI is InChI=1S/C11H15BrN4O/c1-11(2,3)8(12)4-7-5-9-14-15-10(17)16(9)6-13-7/h5-6,8H,4H2,1-3H3,(H,15,17). The fraction of sp³-hybridized carbons (Fsp3) is 0.545. The summed E-state index contributed by atoms with van der Waals surface area (Å²) in [6.07, 6.45) is 2.32. The number of rotatable bonds is 2. The number of H-pyrrole nitrogens is 1. The van der Waals surface area contributed by atoms with E-state index in [1.807, 2.05) is 6.07 Å².